The minimum Gasteiger partial charge on any atom is -0.391 e. The van der Waals surface area contributed by atoms with Crippen molar-refractivity contribution in [1.29, 1.82) is 0 Å². The fraction of sp³-hybridized carbons (Fsp3) is 0.933. The molecule has 1 aliphatic heterocycles. The van der Waals surface area contributed by atoms with Gasteiger partial charge in [-0.2, -0.15) is 0 Å². The van der Waals surface area contributed by atoms with E-state index in [0.717, 1.165) is 51.4 Å². The van der Waals surface area contributed by atoms with Gasteiger partial charge in [0.2, 0.25) is 5.79 Å². The van der Waals surface area contributed by atoms with Crippen LogP contribution in [0.1, 0.15) is 142 Å². The van der Waals surface area contributed by atoms with Gasteiger partial charge in [-0.3, -0.25) is 9.59 Å². The fourth-order valence-electron chi connectivity index (χ4n) is 5.37. The number of ketones is 2. The Labute approximate surface area is 230 Å². The third-order valence-electron chi connectivity index (χ3n) is 8.11. The summed E-state index contributed by atoms with van der Waals surface area (Å²) in [5.41, 5.74) is -5.68. The van der Waals surface area contributed by atoms with Crippen molar-refractivity contribution < 1.29 is 39.9 Å². The molecule has 0 aliphatic carbocycles. The Morgan fingerprint density at radius 3 is 1.42 bits per heavy atom. The van der Waals surface area contributed by atoms with Gasteiger partial charge in [0.15, 0.2) is 22.8 Å². The number of hydrogen-bond donors (Lipinski definition) is 5. The Kier molecular flexibility index (Phi) is 17.1. The van der Waals surface area contributed by atoms with Crippen molar-refractivity contribution in [3.05, 3.63) is 0 Å². The first-order chi connectivity index (χ1) is 18.1. The van der Waals surface area contributed by atoms with Crippen LogP contribution in [0.2, 0.25) is 0 Å². The molecule has 8 heteroatoms. The average molecular weight is 545 g/mol. The van der Waals surface area contributed by atoms with E-state index in [9.17, 15) is 35.1 Å². The van der Waals surface area contributed by atoms with Crippen LogP contribution >= 0.6 is 0 Å². The van der Waals surface area contributed by atoms with Crippen molar-refractivity contribution in [2.75, 3.05) is 13.2 Å². The normalized spacial score (nSPS) is 27.5. The van der Waals surface area contributed by atoms with Gasteiger partial charge in [-0.1, -0.05) is 117 Å². The number of carbonyl (C=O) groups is 2. The summed E-state index contributed by atoms with van der Waals surface area (Å²) in [4.78, 5) is 26.3. The van der Waals surface area contributed by atoms with E-state index >= 15 is 0 Å². The molecule has 0 spiro atoms. The lowest BCUT2D eigenvalue weighted by Crippen LogP contribution is -2.80. The molecule has 5 N–H and O–H groups in total. The molecule has 224 valence electrons. The van der Waals surface area contributed by atoms with Crippen molar-refractivity contribution in [3.8, 4) is 0 Å². The standard InChI is InChI=1S/C30H56O8/c1-3-5-7-9-11-13-15-17-19-21-25(32)28(35)24-38-29(36,23-31)27(34)30(28,37)26(33)22-20-18-16-14-12-10-8-6-4-2/h27,31,34-37H,3-24H2,1-2H3/t27-,28+,29+,30+/m1/s1. The summed E-state index contributed by atoms with van der Waals surface area (Å²) in [7, 11) is 0. The number of hydrogen-bond acceptors (Lipinski definition) is 8. The van der Waals surface area contributed by atoms with Crippen LogP contribution < -0.4 is 0 Å². The maximum Gasteiger partial charge on any atom is 0.219 e. The molecule has 0 bridgehead atoms. The zero-order valence-electron chi connectivity index (χ0n) is 24.1. The predicted octanol–water partition coefficient (Wildman–Crippen LogP) is 4.50. The number of Topliss-reactive ketones (excluding diaryl/α,β-unsaturated/α-hetero) is 2. The van der Waals surface area contributed by atoms with Crippen LogP contribution in [0.15, 0.2) is 0 Å². The van der Waals surface area contributed by atoms with Gasteiger partial charge in [-0.15, -0.1) is 0 Å². The van der Waals surface area contributed by atoms with E-state index in [-0.39, 0.29) is 12.8 Å². The average Bonchev–Trinajstić information content (AvgIpc) is 2.92. The van der Waals surface area contributed by atoms with E-state index in [1.165, 1.54) is 51.4 Å². The lowest BCUT2D eigenvalue weighted by Gasteiger charge is -2.52. The molecule has 1 aliphatic rings. The van der Waals surface area contributed by atoms with Crippen molar-refractivity contribution in [2.24, 2.45) is 0 Å². The molecular formula is C30H56O8. The molecule has 4 atom stereocenters. The first-order valence-corrected chi connectivity index (χ1v) is 15.3. The molecule has 0 unspecified atom stereocenters. The maximum absolute atomic E-state index is 13.2. The number of aliphatic hydroxyl groups excluding tert-OH is 2. The second-order valence-corrected chi connectivity index (χ2v) is 11.3. The highest BCUT2D eigenvalue weighted by Gasteiger charge is 2.70. The van der Waals surface area contributed by atoms with Crippen LogP contribution in [0.4, 0.5) is 0 Å². The Morgan fingerprint density at radius 1 is 0.658 bits per heavy atom. The molecule has 1 rings (SSSR count). The summed E-state index contributed by atoms with van der Waals surface area (Å²) in [6.45, 7) is 2.35. The number of aliphatic hydroxyl groups is 5. The van der Waals surface area contributed by atoms with Crippen LogP contribution in [0, 0.1) is 0 Å². The first-order valence-electron chi connectivity index (χ1n) is 15.3. The molecule has 0 amide bonds. The molecule has 0 radical (unpaired) electrons. The van der Waals surface area contributed by atoms with Gasteiger partial charge in [0.25, 0.3) is 0 Å². The third kappa shape index (κ3) is 9.93. The molecule has 1 heterocycles. The molecule has 0 aromatic rings. The largest absolute Gasteiger partial charge is 0.391 e. The van der Waals surface area contributed by atoms with E-state index in [0.29, 0.717) is 12.8 Å². The zero-order chi connectivity index (χ0) is 28.5. The van der Waals surface area contributed by atoms with E-state index in [2.05, 4.69) is 13.8 Å². The van der Waals surface area contributed by atoms with Crippen LogP contribution in [0.3, 0.4) is 0 Å². The lowest BCUT2D eigenvalue weighted by molar-refractivity contribution is -0.364. The molecule has 1 fully saturated rings. The minimum absolute atomic E-state index is 0.0897. The van der Waals surface area contributed by atoms with E-state index in [1.807, 2.05) is 0 Å². The molecule has 38 heavy (non-hydrogen) atoms. The van der Waals surface area contributed by atoms with Gasteiger partial charge in [0.05, 0.1) is 13.2 Å². The van der Waals surface area contributed by atoms with Crippen molar-refractivity contribution >= 4 is 11.6 Å². The highest BCUT2D eigenvalue weighted by atomic mass is 16.7. The Morgan fingerprint density at radius 2 is 1.03 bits per heavy atom. The van der Waals surface area contributed by atoms with Crippen LogP contribution in [-0.2, 0) is 14.3 Å². The van der Waals surface area contributed by atoms with E-state index < -0.39 is 47.9 Å². The molecule has 0 aromatic heterocycles. The predicted molar refractivity (Wildman–Crippen MR) is 148 cm³/mol. The summed E-state index contributed by atoms with van der Waals surface area (Å²) >= 11 is 0. The fourth-order valence-corrected chi connectivity index (χ4v) is 5.37. The summed E-state index contributed by atoms with van der Waals surface area (Å²) in [6, 6.07) is 0. The van der Waals surface area contributed by atoms with Gasteiger partial charge in [0, 0.05) is 12.8 Å². The molecular weight excluding hydrogens is 488 g/mol. The number of unbranched alkanes of at least 4 members (excludes halogenated alkanes) is 16. The number of ether oxygens (including phenoxy) is 1. The summed E-state index contributed by atoms with van der Waals surface area (Å²) in [5.74, 6) is -4.39. The van der Waals surface area contributed by atoms with Crippen LogP contribution in [-0.4, -0.2) is 73.4 Å². The number of rotatable bonds is 23. The van der Waals surface area contributed by atoms with E-state index in [1.54, 1.807) is 0 Å². The van der Waals surface area contributed by atoms with Crippen molar-refractivity contribution in [1.82, 2.24) is 0 Å². The van der Waals surface area contributed by atoms with Gasteiger partial charge < -0.3 is 30.3 Å². The zero-order valence-corrected chi connectivity index (χ0v) is 24.1. The molecule has 8 nitrogen and oxygen atoms in total. The molecule has 1 saturated heterocycles. The smallest absolute Gasteiger partial charge is 0.219 e. The van der Waals surface area contributed by atoms with Gasteiger partial charge >= 0.3 is 0 Å². The molecule has 0 saturated carbocycles. The Balaban J connectivity index is 2.68. The summed E-state index contributed by atoms with van der Waals surface area (Å²) in [6.07, 6.45) is 15.7. The highest BCUT2D eigenvalue weighted by molar-refractivity contribution is 6.00. The minimum atomic E-state index is -2.97. The quantitative estimate of drug-likeness (QED) is 0.118. The van der Waals surface area contributed by atoms with Crippen molar-refractivity contribution in [3.63, 3.8) is 0 Å². The van der Waals surface area contributed by atoms with Gasteiger partial charge in [-0.25, -0.2) is 0 Å². The SMILES string of the molecule is CCCCCCCCCCCC(=O)[C@@]1(O)CO[C@@](O)(CO)[C@@H](O)[C@@]1(O)C(=O)CCCCCCCCCCC. The number of carbonyl (C=O) groups excluding carboxylic acids is 2. The second-order valence-electron chi connectivity index (χ2n) is 11.3. The lowest BCUT2D eigenvalue weighted by atomic mass is 9.67. The van der Waals surface area contributed by atoms with Gasteiger partial charge in [-0.05, 0) is 12.8 Å². The Bertz CT molecular complexity index is 671. The topological polar surface area (TPSA) is 145 Å². The third-order valence-corrected chi connectivity index (χ3v) is 8.11. The monoisotopic (exact) mass is 544 g/mol. The molecule has 0 aromatic carbocycles. The highest BCUT2D eigenvalue weighted by Crippen LogP contribution is 2.41. The summed E-state index contributed by atoms with van der Waals surface area (Å²) < 4.78 is 5.07. The Hall–Kier alpha value is -0.900. The van der Waals surface area contributed by atoms with Crippen molar-refractivity contribution in [2.45, 2.75) is 165 Å². The van der Waals surface area contributed by atoms with Crippen LogP contribution in [0.5, 0.6) is 0 Å². The van der Waals surface area contributed by atoms with Gasteiger partial charge in [0.1, 0.15) is 6.10 Å². The van der Waals surface area contributed by atoms with E-state index in [4.69, 9.17) is 4.74 Å². The summed E-state index contributed by atoms with van der Waals surface area (Å²) in [5, 5.41) is 53.5. The van der Waals surface area contributed by atoms with Crippen LogP contribution in [0.25, 0.3) is 0 Å². The second kappa shape index (κ2) is 18.4. The maximum atomic E-state index is 13.2. The first kappa shape index (κ1) is 35.1.